The normalized spacial score (nSPS) is 2.00. The van der Waals surface area contributed by atoms with E-state index >= 15 is 0 Å². The number of nitriles is 4. The zero-order valence-electron chi connectivity index (χ0n) is 6.89. The van der Waals surface area contributed by atoms with Gasteiger partial charge in [0.15, 0.2) is 0 Å². The molecule has 8 nitrogen and oxygen atoms in total. The molecule has 0 rings (SSSR count). The van der Waals surface area contributed by atoms with Gasteiger partial charge in [-0.2, -0.15) is 21.0 Å². The van der Waals surface area contributed by atoms with Gasteiger partial charge in [0.25, 0.3) is 25.0 Å². The molecule has 0 bridgehead atoms. The minimum absolute atomic E-state index is 0. The third-order valence-electron chi connectivity index (χ3n) is 0. The summed E-state index contributed by atoms with van der Waals surface area (Å²) in [5.74, 6) is 0. The summed E-state index contributed by atoms with van der Waals surface area (Å²) < 4.78 is 0. The van der Waals surface area contributed by atoms with E-state index in [0.717, 1.165) is 25.0 Å². The second-order valence-corrected chi connectivity index (χ2v) is 0.400. The Morgan fingerprint density at radius 1 is 0.571 bits per heavy atom. The molecule has 0 fully saturated rings. The number of nitrogens with zero attached hydrogens (tertiary/aromatic N) is 4. The van der Waals surface area contributed by atoms with Crippen LogP contribution in [0.1, 0.15) is 0 Å². The molecule has 14 heavy (non-hydrogen) atoms. The van der Waals surface area contributed by atoms with Crippen LogP contribution < -0.4 is 0 Å². The van der Waals surface area contributed by atoms with Crippen molar-refractivity contribution in [2.24, 2.45) is 0 Å². The average Bonchev–Trinajstić information content (AvgIpc) is 1.92. The second-order valence-electron chi connectivity index (χ2n) is 0.400. The van der Waals surface area contributed by atoms with Crippen LogP contribution in [-0.2, 0) is 16.5 Å². The van der Waals surface area contributed by atoms with Crippen molar-refractivity contribution in [2.75, 3.05) is 0 Å². The van der Waals surface area contributed by atoms with Crippen LogP contribution in [0.2, 0.25) is 0 Å². The van der Waals surface area contributed by atoms with Crippen LogP contribution in [0.3, 0.4) is 0 Å². The van der Waals surface area contributed by atoms with Gasteiger partial charge in [-0.25, -0.2) is 0 Å². The number of aliphatic hydroxyl groups excluding tert-OH is 4. The number of hydrogen-bond acceptors (Lipinski definition) is 8. The molecule has 0 aromatic heterocycles. The van der Waals surface area contributed by atoms with Gasteiger partial charge in [-0.3, -0.25) is 0 Å². The molecule has 0 amide bonds. The van der Waals surface area contributed by atoms with Crippen molar-refractivity contribution in [2.45, 2.75) is 0 Å². The van der Waals surface area contributed by atoms with Gasteiger partial charge in [0.2, 0.25) is 0 Å². The minimum Gasteiger partial charge on any atom is -0.443 e. The molecule has 0 saturated heterocycles. The Hall–Kier alpha value is -0.710. The molecular weight excluding hydrogens is 266 g/mol. The van der Waals surface area contributed by atoms with E-state index in [9.17, 15) is 0 Å². The third kappa shape index (κ3) is 2370. The number of aliphatic hydroxyl groups is 4. The maximum Gasteiger partial charge on any atom is 0.283 e. The zero-order valence-corrected chi connectivity index (χ0v) is 11.0. The maximum atomic E-state index is 6.88. The van der Waals surface area contributed by atoms with Crippen LogP contribution in [0.5, 0.6) is 0 Å². The molecular formula is C4H4KN4NiO4. The topological polar surface area (TPSA) is 176 Å². The van der Waals surface area contributed by atoms with Crippen molar-refractivity contribution >= 4 is 51.4 Å². The maximum absolute atomic E-state index is 6.88. The van der Waals surface area contributed by atoms with Crippen LogP contribution in [0.25, 0.3) is 0 Å². The largest absolute Gasteiger partial charge is 0.443 e. The van der Waals surface area contributed by atoms with Crippen LogP contribution in [0.15, 0.2) is 0 Å². The van der Waals surface area contributed by atoms with E-state index < -0.39 is 0 Å². The Bertz CT molecular complexity index is 163. The van der Waals surface area contributed by atoms with Crippen molar-refractivity contribution in [1.82, 2.24) is 0 Å². The molecule has 0 spiro atoms. The molecule has 0 atom stereocenters. The summed E-state index contributed by atoms with van der Waals surface area (Å²) in [7, 11) is 0. The zero-order chi connectivity index (χ0) is 10.8. The van der Waals surface area contributed by atoms with Crippen molar-refractivity contribution in [1.29, 1.82) is 21.0 Å². The summed E-state index contributed by atoms with van der Waals surface area (Å²) in [6.07, 6.45) is 3.00. The van der Waals surface area contributed by atoms with E-state index in [4.69, 9.17) is 41.5 Å². The molecule has 0 heterocycles. The predicted molar refractivity (Wildman–Crippen MR) is 35.9 cm³/mol. The first kappa shape index (κ1) is 37.8. The quantitative estimate of drug-likeness (QED) is 0.319. The van der Waals surface area contributed by atoms with E-state index in [0.29, 0.717) is 0 Å². The van der Waals surface area contributed by atoms with Gasteiger partial charge in [-0.15, -0.1) is 0 Å². The van der Waals surface area contributed by atoms with Gasteiger partial charge in [0.1, 0.15) is 0 Å². The molecule has 0 aromatic carbocycles. The molecule has 0 aliphatic carbocycles. The van der Waals surface area contributed by atoms with E-state index in [2.05, 4.69) is 0 Å². The summed E-state index contributed by atoms with van der Waals surface area (Å²) in [5.41, 5.74) is 0. The molecule has 0 unspecified atom stereocenters. The van der Waals surface area contributed by atoms with Crippen LogP contribution >= 0.6 is 0 Å². The SMILES string of the molecule is N#CO.N#CO.N#CO.N#CO.[K].[Ni]. The standard InChI is InChI=1S/4CHNO.K.Ni/c4*2-1-3;;/h4*3H;;. The molecule has 10 heteroatoms. The fourth-order valence-corrected chi connectivity index (χ4v) is 0. The Morgan fingerprint density at radius 3 is 0.571 bits per heavy atom. The molecule has 0 aromatic rings. The van der Waals surface area contributed by atoms with Crippen molar-refractivity contribution < 1.29 is 36.9 Å². The van der Waals surface area contributed by atoms with Gasteiger partial charge in [0.05, 0.1) is 0 Å². The molecule has 0 aliphatic rings. The van der Waals surface area contributed by atoms with E-state index in [1.807, 2.05) is 0 Å². The summed E-state index contributed by atoms with van der Waals surface area (Å²) in [4.78, 5) is 0. The van der Waals surface area contributed by atoms with Gasteiger partial charge in [-0.05, 0) is 0 Å². The minimum atomic E-state index is 0. The molecule has 0 saturated carbocycles. The van der Waals surface area contributed by atoms with Crippen LogP contribution in [0.4, 0.5) is 0 Å². The Kier molecular flexibility index (Phi) is 390. The predicted octanol–water partition coefficient (Wildman–Crippen LogP) is -1.02. The van der Waals surface area contributed by atoms with Gasteiger partial charge >= 0.3 is 0 Å². The van der Waals surface area contributed by atoms with Crippen molar-refractivity contribution in [3.8, 4) is 25.0 Å². The fraction of sp³-hybridized carbons (Fsp3) is 0. The molecule has 0 aliphatic heterocycles. The Morgan fingerprint density at radius 2 is 0.571 bits per heavy atom. The number of hydrogen-bond donors (Lipinski definition) is 4. The average molecular weight is 270 g/mol. The van der Waals surface area contributed by atoms with Gasteiger partial charge in [0, 0.05) is 67.9 Å². The van der Waals surface area contributed by atoms with Crippen LogP contribution in [-0.4, -0.2) is 71.8 Å². The molecule has 4 N–H and O–H groups in total. The first-order chi connectivity index (χ1) is 5.66. The first-order valence-corrected chi connectivity index (χ1v) is 1.79. The third-order valence-corrected chi connectivity index (χ3v) is 0. The Balaban J connectivity index is -0.0000000145. The van der Waals surface area contributed by atoms with Crippen molar-refractivity contribution in [3.63, 3.8) is 0 Å². The second kappa shape index (κ2) is 145. The van der Waals surface area contributed by atoms with Crippen molar-refractivity contribution in [3.05, 3.63) is 0 Å². The van der Waals surface area contributed by atoms with Gasteiger partial charge in [-0.1, -0.05) is 0 Å². The number of rotatable bonds is 0. The Labute approximate surface area is 133 Å². The van der Waals surface area contributed by atoms with Crippen LogP contribution in [0, 0.1) is 46.1 Å². The van der Waals surface area contributed by atoms with E-state index in [1.165, 1.54) is 0 Å². The molecule has 75 valence electrons. The monoisotopic (exact) mass is 269 g/mol. The smallest absolute Gasteiger partial charge is 0.283 e. The van der Waals surface area contributed by atoms with E-state index in [1.54, 1.807) is 0 Å². The van der Waals surface area contributed by atoms with Gasteiger partial charge < -0.3 is 20.4 Å². The summed E-state index contributed by atoms with van der Waals surface area (Å²) in [6, 6.07) is 0. The summed E-state index contributed by atoms with van der Waals surface area (Å²) >= 11 is 0. The fourth-order valence-electron chi connectivity index (χ4n) is 0. The summed E-state index contributed by atoms with van der Waals surface area (Å²) in [6.45, 7) is 0. The first-order valence-electron chi connectivity index (χ1n) is 1.79. The summed E-state index contributed by atoms with van der Waals surface area (Å²) in [5, 5.41) is 55.0. The van der Waals surface area contributed by atoms with E-state index in [-0.39, 0.29) is 67.9 Å². The molecule has 1 radical (unpaired) electrons.